The summed E-state index contributed by atoms with van der Waals surface area (Å²) < 4.78 is 0. The van der Waals surface area contributed by atoms with Crippen LogP contribution in [0.1, 0.15) is 43.4 Å². The third-order valence-electron chi connectivity index (χ3n) is 4.05. The molecule has 0 aromatic heterocycles. The topological polar surface area (TPSA) is 12.0 Å². The minimum absolute atomic E-state index is 0.531. The minimum atomic E-state index is 0.531. The lowest BCUT2D eigenvalue weighted by molar-refractivity contribution is 0.384. The molecular formula is C16H25NS. The van der Waals surface area contributed by atoms with Crippen LogP contribution in [-0.4, -0.2) is 18.6 Å². The van der Waals surface area contributed by atoms with Crippen LogP contribution in [0.5, 0.6) is 0 Å². The number of rotatable bonds is 5. The normalized spacial score (nSPS) is 18.8. The lowest BCUT2D eigenvalue weighted by Gasteiger charge is -2.26. The maximum atomic E-state index is 3.50. The first-order valence-electron chi connectivity index (χ1n) is 7.17. The van der Waals surface area contributed by atoms with Crippen molar-refractivity contribution < 1.29 is 0 Å². The summed E-state index contributed by atoms with van der Waals surface area (Å²) in [5, 5.41) is 3.50. The van der Waals surface area contributed by atoms with Crippen molar-refractivity contribution in [2.45, 2.75) is 38.6 Å². The Labute approximate surface area is 116 Å². The highest BCUT2D eigenvalue weighted by Gasteiger charge is 2.19. The zero-order chi connectivity index (χ0) is 12.8. The standard InChI is InChI=1S/C16H25NS/c1-3-13-4-6-15(7-5-13)16(17-2)12-14-8-10-18-11-9-14/h4-7,14,16-17H,3,8-12H2,1-2H3. The van der Waals surface area contributed by atoms with Crippen molar-refractivity contribution >= 4 is 11.8 Å². The molecule has 1 heterocycles. The van der Waals surface area contributed by atoms with E-state index in [0.717, 1.165) is 12.3 Å². The Morgan fingerprint density at radius 3 is 2.44 bits per heavy atom. The molecule has 0 radical (unpaired) electrons. The Hall–Kier alpha value is -0.470. The van der Waals surface area contributed by atoms with Gasteiger partial charge in [0.15, 0.2) is 0 Å². The first-order chi connectivity index (χ1) is 8.83. The highest BCUT2D eigenvalue weighted by atomic mass is 32.2. The summed E-state index contributed by atoms with van der Waals surface area (Å²) in [6.45, 7) is 2.21. The van der Waals surface area contributed by atoms with Gasteiger partial charge in [0.2, 0.25) is 0 Å². The molecule has 1 atom stereocenters. The fourth-order valence-electron chi connectivity index (χ4n) is 2.72. The molecule has 18 heavy (non-hydrogen) atoms. The third-order valence-corrected chi connectivity index (χ3v) is 5.10. The smallest absolute Gasteiger partial charge is 0.0320 e. The van der Waals surface area contributed by atoms with E-state index in [9.17, 15) is 0 Å². The number of benzene rings is 1. The Morgan fingerprint density at radius 1 is 1.22 bits per heavy atom. The van der Waals surface area contributed by atoms with Crippen LogP contribution in [0.25, 0.3) is 0 Å². The van der Waals surface area contributed by atoms with Crippen LogP contribution in [0, 0.1) is 5.92 Å². The van der Waals surface area contributed by atoms with Crippen molar-refractivity contribution in [3.8, 4) is 0 Å². The molecule has 100 valence electrons. The zero-order valence-corrected chi connectivity index (χ0v) is 12.4. The SMILES string of the molecule is CCc1ccc(C(CC2CCSCC2)NC)cc1. The first kappa shape index (κ1) is 14.0. The summed E-state index contributed by atoms with van der Waals surface area (Å²) in [7, 11) is 2.09. The molecule has 2 heteroatoms. The summed E-state index contributed by atoms with van der Waals surface area (Å²) in [6.07, 6.45) is 5.22. The predicted octanol–water partition coefficient (Wildman–Crippen LogP) is 4.04. The summed E-state index contributed by atoms with van der Waals surface area (Å²) >= 11 is 2.11. The van der Waals surface area contributed by atoms with Crippen LogP contribution in [-0.2, 0) is 6.42 Å². The second-order valence-electron chi connectivity index (χ2n) is 5.23. The molecule has 1 fully saturated rings. The van der Waals surface area contributed by atoms with E-state index in [4.69, 9.17) is 0 Å². The second-order valence-corrected chi connectivity index (χ2v) is 6.45. The Kier molecular flexibility index (Phi) is 5.58. The molecule has 0 bridgehead atoms. The Morgan fingerprint density at radius 2 is 1.89 bits per heavy atom. The van der Waals surface area contributed by atoms with E-state index in [1.807, 2.05) is 0 Å². The number of hydrogen-bond acceptors (Lipinski definition) is 2. The largest absolute Gasteiger partial charge is 0.313 e. The van der Waals surface area contributed by atoms with Crippen molar-refractivity contribution in [2.24, 2.45) is 5.92 Å². The van der Waals surface area contributed by atoms with Gasteiger partial charge in [-0.1, -0.05) is 31.2 Å². The second kappa shape index (κ2) is 7.20. The van der Waals surface area contributed by atoms with E-state index in [1.165, 1.54) is 41.9 Å². The Bertz CT molecular complexity index is 341. The van der Waals surface area contributed by atoms with Gasteiger partial charge in [0.05, 0.1) is 0 Å². The van der Waals surface area contributed by atoms with Crippen molar-refractivity contribution in [1.29, 1.82) is 0 Å². The van der Waals surface area contributed by atoms with Gasteiger partial charge in [-0.25, -0.2) is 0 Å². The molecule has 1 aliphatic rings. The van der Waals surface area contributed by atoms with Crippen molar-refractivity contribution in [1.82, 2.24) is 5.32 Å². The van der Waals surface area contributed by atoms with Crippen molar-refractivity contribution in [3.05, 3.63) is 35.4 Å². The highest BCUT2D eigenvalue weighted by Crippen LogP contribution is 2.30. The monoisotopic (exact) mass is 263 g/mol. The summed E-state index contributed by atoms with van der Waals surface area (Å²) in [4.78, 5) is 0. The van der Waals surface area contributed by atoms with Crippen LogP contribution in [0.2, 0.25) is 0 Å². The molecule has 1 N–H and O–H groups in total. The van der Waals surface area contributed by atoms with Gasteiger partial charge in [0.1, 0.15) is 0 Å². The zero-order valence-electron chi connectivity index (χ0n) is 11.6. The van der Waals surface area contributed by atoms with Crippen molar-refractivity contribution in [2.75, 3.05) is 18.6 Å². The van der Waals surface area contributed by atoms with Gasteiger partial charge >= 0.3 is 0 Å². The molecule has 0 aliphatic carbocycles. The number of nitrogens with one attached hydrogen (secondary N) is 1. The highest BCUT2D eigenvalue weighted by molar-refractivity contribution is 7.99. The summed E-state index contributed by atoms with van der Waals surface area (Å²) in [5.41, 5.74) is 2.88. The minimum Gasteiger partial charge on any atom is -0.313 e. The van der Waals surface area contributed by atoms with E-state index in [2.05, 4.69) is 55.3 Å². The molecule has 0 spiro atoms. The molecule has 1 nitrogen and oxygen atoms in total. The number of hydrogen-bond donors (Lipinski definition) is 1. The van der Waals surface area contributed by atoms with Crippen LogP contribution >= 0.6 is 11.8 Å². The van der Waals surface area contributed by atoms with Gasteiger partial charge < -0.3 is 5.32 Å². The lowest BCUT2D eigenvalue weighted by Crippen LogP contribution is -2.22. The molecule has 0 saturated carbocycles. The fraction of sp³-hybridized carbons (Fsp3) is 0.625. The van der Waals surface area contributed by atoms with E-state index in [1.54, 1.807) is 0 Å². The molecule has 1 unspecified atom stereocenters. The van der Waals surface area contributed by atoms with Gasteiger partial charge in [-0.05, 0) is 61.3 Å². The van der Waals surface area contributed by atoms with Gasteiger partial charge in [-0.15, -0.1) is 0 Å². The molecule has 0 amide bonds. The summed E-state index contributed by atoms with van der Waals surface area (Å²) in [6, 6.07) is 9.69. The first-order valence-corrected chi connectivity index (χ1v) is 8.32. The average molecular weight is 263 g/mol. The number of thioether (sulfide) groups is 1. The molecule has 2 rings (SSSR count). The molecule has 1 aromatic carbocycles. The van der Waals surface area contributed by atoms with E-state index < -0.39 is 0 Å². The quantitative estimate of drug-likeness (QED) is 0.860. The van der Waals surface area contributed by atoms with Crippen LogP contribution in [0.15, 0.2) is 24.3 Å². The lowest BCUT2D eigenvalue weighted by atomic mass is 9.90. The maximum absolute atomic E-state index is 3.50. The van der Waals surface area contributed by atoms with Gasteiger partial charge in [-0.3, -0.25) is 0 Å². The third kappa shape index (κ3) is 3.76. The van der Waals surface area contributed by atoms with E-state index in [-0.39, 0.29) is 0 Å². The van der Waals surface area contributed by atoms with Gasteiger partial charge in [0, 0.05) is 6.04 Å². The molecule has 1 aliphatic heterocycles. The van der Waals surface area contributed by atoms with Crippen molar-refractivity contribution in [3.63, 3.8) is 0 Å². The molecule has 1 saturated heterocycles. The molecular weight excluding hydrogens is 238 g/mol. The average Bonchev–Trinajstić information content (AvgIpc) is 2.46. The fourth-order valence-corrected chi connectivity index (χ4v) is 3.93. The predicted molar refractivity (Wildman–Crippen MR) is 82.3 cm³/mol. The van der Waals surface area contributed by atoms with Crippen LogP contribution in [0.3, 0.4) is 0 Å². The van der Waals surface area contributed by atoms with Gasteiger partial charge in [-0.2, -0.15) is 11.8 Å². The van der Waals surface area contributed by atoms with Gasteiger partial charge in [0.25, 0.3) is 0 Å². The molecule has 1 aromatic rings. The van der Waals surface area contributed by atoms with E-state index in [0.29, 0.717) is 6.04 Å². The van der Waals surface area contributed by atoms with E-state index >= 15 is 0 Å². The number of aryl methyl sites for hydroxylation is 1. The summed E-state index contributed by atoms with van der Waals surface area (Å²) in [5.74, 6) is 3.63. The van der Waals surface area contributed by atoms with Crippen LogP contribution in [0.4, 0.5) is 0 Å². The maximum Gasteiger partial charge on any atom is 0.0320 e. The Balaban J connectivity index is 1.97. The van der Waals surface area contributed by atoms with Crippen LogP contribution < -0.4 is 5.32 Å².